The SMILES string of the molecule is Cc1cccc(OP(=O)(NC(C(=O)OC(C)(C)C)C(C)C)OC[C@@H]2OC(C)(C)O[C@@H]2C(=O)NO)c1C. The van der Waals surface area contributed by atoms with E-state index in [2.05, 4.69) is 5.09 Å². The number of carbonyl (C=O) groups excluding carboxylic acids is 2. The Morgan fingerprint density at radius 2 is 1.83 bits per heavy atom. The molecule has 1 aromatic rings. The Bertz CT molecular complexity index is 990. The second-order valence-corrected chi connectivity index (χ2v) is 12.2. The first-order chi connectivity index (χ1) is 16.5. The van der Waals surface area contributed by atoms with E-state index in [1.807, 2.05) is 13.0 Å². The minimum atomic E-state index is -4.26. The summed E-state index contributed by atoms with van der Waals surface area (Å²) in [6.07, 6.45) is -2.26. The van der Waals surface area contributed by atoms with Gasteiger partial charge in [-0.2, -0.15) is 5.09 Å². The molecule has 2 unspecified atom stereocenters. The fourth-order valence-electron chi connectivity index (χ4n) is 3.47. The lowest BCUT2D eigenvalue weighted by Crippen LogP contribution is -2.45. The van der Waals surface area contributed by atoms with Crippen LogP contribution in [0.1, 0.15) is 59.6 Å². The second-order valence-electron chi connectivity index (χ2n) is 10.5. The molecular formula is C24H39N2O9P. The minimum Gasteiger partial charge on any atom is -0.459 e. The molecule has 4 atom stereocenters. The van der Waals surface area contributed by atoms with Crippen molar-refractivity contribution in [2.45, 2.75) is 92.0 Å². The van der Waals surface area contributed by atoms with Gasteiger partial charge in [0, 0.05) is 0 Å². The number of ether oxygens (including phenoxy) is 3. The summed E-state index contributed by atoms with van der Waals surface area (Å²) < 4.78 is 42.5. The van der Waals surface area contributed by atoms with E-state index >= 15 is 0 Å². The van der Waals surface area contributed by atoms with Gasteiger partial charge in [0.05, 0.1) is 6.61 Å². The average molecular weight is 531 g/mol. The van der Waals surface area contributed by atoms with Gasteiger partial charge < -0.3 is 18.7 Å². The molecule has 0 spiro atoms. The van der Waals surface area contributed by atoms with Gasteiger partial charge in [0.15, 0.2) is 11.9 Å². The molecule has 1 aliphatic rings. The summed E-state index contributed by atoms with van der Waals surface area (Å²) in [5.41, 5.74) is 2.40. The van der Waals surface area contributed by atoms with E-state index in [0.29, 0.717) is 5.75 Å². The number of hydrogen-bond donors (Lipinski definition) is 3. The molecule has 0 bridgehead atoms. The number of esters is 1. The van der Waals surface area contributed by atoms with Crippen LogP contribution >= 0.6 is 7.75 Å². The summed E-state index contributed by atoms with van der Waals surface area (Å²) in [4.78, 5) is 25.0. The van der Waals surface area contributed by atoms with E-state index in [1.165, 1.54) is 5.48 Å². The van der Waals surface area contributed by atoms with Gasteiger partial charge in [-0.05, 0) is 71.6 Å². The van der Waals surface area contributed by atoms with Gasteiger partial charge in [0.25, 0.3) is 5.91 Å². The lowest BCUT2D eigenvalue weighted by atomic mass is 10.1. The van der Waals surface area contributed by atoms with Crippen LogP contribution in [0.25, 0.3) is 0 Å². The Hall–Kier alpha value is -2.01. The Kier molecular flexibility index (Phi) is 9.72. The minimum absolute atomic E-state index is 0.297. The van der Waals surface area contributed by atoms with Gasteiger partial charge in [-0.1, -0.05) is 26.0 Å². The molecule has 3 N–H and O–H groups in total. The van der Waals surface area contributed by atoms with Crippen molar-refractivity contribution < 1.29 is 42.6 Å². The van der Waals surface area contributed by atoms with E-state index < -0.39 is 55.9 Å². The Labute approximate surface area is 212 Å². The predicted molar refractivity (Wildman–Crippen MR) is 131 cm³/mol. The third kappa shape index (κ3) is 8.26. The number of hydroxylamine groups is 1. The number of nitrogens with one attached hydrogen (secondary N) is 2. The van der Waals surface area contributed by atoms with Crippen molar-refractivity contribution in [3.05, 3.63) is 29.3 Å². The molecule has 1 amide bonds. The number of aryl methyl sites for hydroxylation is 1. The number of benzene rings is 1. The third-order valence-corrected chi connectivity index (χ3v) is 6.88. The van der Waals surface area contributed by atoms with E-state index in [4.69, 9.17) is 28.5 Å². The summed E-state index contributed by atoms with van der Waals surface area (Å²) in [7, 11) is -4.26. The smallest absolute Gasteiger partial charge is 0.459 e. The molecule has 204 valence electrons. The number of amides is 1. The molecular weight excluding hydrogens is 491 g/mol. The molecule has 0 aliphatic carbocycles. The molecule has 36 heavy (non-hydrogen) atoms. The Morgan fingerprint density at radius 3 is 2.39 bits per heavy atom. The molecule has 12 heteroatoms. The molecule has 1 heterocycles. The molecule has 0 aromatic heterocycles. The largest absolute Gasteiger partial charge is 0.459 e. The Morgan fingerprint density at radius 1 is 1.19 bits per heavy atom. The van der Waals surface area contributed by atoms with Crippen molar-refractivity contribution in [3.63, 3.8) is 0 Å². The summed E-state index contributed by atoms with van der Waals surface area (Å²) >= 11 is 0. The topological polar surface area (TPSA) is 142 Å². The highest BCUT2D eigenvalue weighted by molar-refractivity contribution is 7.52. The quantitative estimate of drug-likeness (QED) is 0.177. The molecule has 1 saturated heterocycles. The van der Waals surface area contributed by atoms with Gasteiger partial charge in [-0.3, -0.25) is 19.3 Å². The molecule has 0 radical (unpaired) electrons. The van der Waals surface area contributed by atoms with Crippen LogP contribution in [0.15, 0.2) is 18.2 Å². The second kappa shape index (κ2) is 11.6. The molecule has 1 aromatic carbocycles. The first-order valence-electron chi connectivity index (χ1n) is 11.8. The van der Waals surface area contributed by atoms with Gasteiger partial charge in [0.2, 0.25) is 0 Å². The summed E-state index contributed by atoms with van der Waals surface area (Å²) in [6, 6.07) is 4.23. The van der Waals surface area contributed by atoms with E-state index in [1.54, 1.807) is 67.5 Å². The van der Waals surface area contributed by atoms with Crippen LogP contribution in [0.2, 0.25) is 0 Å². The van der Waals surface area contributed by atoms with Crippen LogP contribution < -0.4 is 15.1 Å². The maximum Gasteiger partial charge on any atom is 0.459 e. The normalized spacial score (nSPS) is 22.1. The van der Waals surface area contributed by atoms with E-state index in [0.717, 1.165) is 11.1 Å². The summed E-state index contributed by atoms with van der Waals surface area (Å²) in [5.74, 6) is -2.66. The van der Waals surface area contributed by atoms with Crippen molar-refractivity contribution >= 4 is 19.6 Å². The van der Waals surface area contributed by atoms with Crippen LogP contribution in [0.4, 0.5) is 0 Å². The highest BCUT2D eigenvalue weighted by Gasteiger charge is 2.47. The zero-order valence-electron chi connectivity index (χ0n) is 22.4. The van der Waals surface area contributed by atoms with Crippen molar-refractivity contribution in [1.82, 2.24) is 10.6 Å². The van der Waals surface area contributed by atoms with E-state index in [9.17, 15) is 14.2 Å². The highest BCUT2D eigenvalue weighted by Crippen LogP contribution is 2.47. The molecule has 1 fully saturated rings. The van der Waals surface area contributed by atoms with Crippen LogP contribution in [0, 0.1) is 19.8 Å². The van der Waals surface area contributed by atoms with Crippen molar-refractivity contribution in [1.29, 1.82) is 0 Å². The average Bonchev–Trinajstić information content (AvgIpc) is 3.06. The first kappa shape index (κ1) is 30.2. The van der Waals surface area contributed by atoms with Gasteiger partial charge in [0.1, 0.15) is 23.5 Å². The molecule has 1 aliphatic heterocycles. The Balaban J connectivity index is 2.37. The van der Waals surface area contributed by atoms with Crippen LogP contribution in [-0.4, -0.2) is 53.3 Å². The summed E-state index contributed by atoms with van der Waals surface area (Å²) in [5, 5.41) is 11.8. The number of hydrogen-bond acceptors (Lipinski definition) is 9. The number of rotatable bonds is 10. The van der Waals surface area contributed by atoms with Crippen LogP contribution in [-0.2, 0) is 32.9 Å². The first-order valence-corrected chi connectivity index (χ1v) is 13.3. The van der Waals surface area contributed by atoms with Crippen molar-refractivity contribution in [2.24, 2.45) is 5.92 Å². The third-order valence-electron chi connectivity index (χ3n) is 5.36. The monoisotopic (exact) mass is 530 g/mol. The number of carbonyl (C=O) groups is 2. The maximum atomic E-state index is 14.1. The predicted octanol–water partition coefficient (Wildman–Crippen LogP) is 3.79. The lowest BCUT2D eigenvalue weighted by Gasteiger charge is -2.30. The van der Waals surface area contributed by atoms with Crippen molar-refractivity contribution in [2.75, 3.05) is 6.61 Å². The zero-order valence-corrected chi connectivity index (χ0v) is 23.3. The van der Waals surface area contributed by atoms with Gasteiger partial charge >= 0.3 is 13.7 Å². The highest BCUT2D eigenvalue weighted by atomic mass is 31.2. The standard InChI is InChI=1S/C24H39N2O9P/c1-14(2)19(22(28)34-23(5,6)7)26-36(30,35-17-12-10-11-15(3)16(17)4)31-13-18-20(21(27)25-29)33-24(8,9)32-18/h10-12,14,18-20,29H,13H2,1-9H3,(H,25,27)(H,26,30)/t18-,19?,20-,36?/m0/s1. The van der Waals surface area contributed by atoms with E-state index in [-0.39, 0.29) is 5.92 Å². The van der Waals surface area contributed by atoms with Crippen molar-refractivity contribution in [3.8, 4) is 5.75 Å². The van der Waals surface area contributed by atoms with Gasteiger partial charge in [-0.15, -0.1) is 0 Å². The van der Waals surface area contributed by atoms with Crippen LogP contribution in [0.3, 0.4) is 0 Å². The van der Waals surface area contributed by atoms with Crippen LogP contribution in [0.5, 0.6) is 5.75 Å². The fraction of sp³-hybridized carbons (Fsp3) is 0.667. The molecule has 0 saturated carbocycles. The molecule has 2 rings (SSSR count). The molecule has 11 nitrogen and oxygen atoms in total. The van der Waals surface area contributed by atoms with Gasteiger partial charge in [-0.25, -0.2) is 10.0 Å². The maximum absolute atomic E-state index is 14.1. The summed E-state index contributed by atoms with van der Waals surface area (Å²) in [6.45, 7) is 15.2. The fourth-order valence-corrected chi connectivity index (χ4v) is 5.19. The lowest BCUT2D eigenvalue weighted by molar-refractivity contribution is -0.160. The zero-order chi connectivity index (χ0) is 27.5.